The van der Waals surface area contributed by atoms with Crippen LogP contribution in [0.1, 0.15) is 47.7 Å². The fraction of sp³-hybridized carbons (Fsp3) is 0.500. The Morgan fingerprint density at radius 2 is 2.00 bits per heavy atom. The van der Waals surface area contributed by atoms with E-state index in [2.05, 4.69) is 49.2 Å². The molecular weight excluding hydrogens is 250 g/mol. The molecule has 0 aliphatic rings. The SMILES string of the molecule is CCOc1cc(C)c(C(C)Cc2cn[nH]n2)c(C)c1C. The molecule has 108 valence electrons. The summed E-state index contributed by atoms with van der Waals surface area (Å²) in [4.78, 5) is 0. The van der Waals surface area contributed by atoms with Crippen LogP contribution in [0.5, 0.6) is 5.75 Å². The lowest BCUT2D eigenvalue weighted by molar-refractivity contribution is 0.337. The van der Waals surface area contributed by atoms with Crippen molar-refractivity contribution in [2.45, 2.75) is 47.0 Å². The van der Waals surface area contributed by atoms with Crippen molar-refractivity contribution in [3.05, 3.63) is 40.2 Å². The minimum Gasteiger partial charge on any atom is -0.494 e. The number of hydrogen-bond donors (Lipinski definition) is 1. The van der Waals surface area contributed by atoms with Crippen molar-refractivity contribution in [2.24, 2.45) is 0 Å². The molecule has 0 saturated carbocycles. The Morgan fingerprint density at radius 1 is 1.25 bits per heavy atom. The highest BCUT2D eigenvalue weighted by atomic mass is 16.5. The number of nitrogens with zero attached hydrogens (tertiary/aromatic N) is 2. The van der Waals surface area contributed by atoms with Crippen molar-refractivity contribution >= 4 is 0 Å². The van der Waals surface area contributed by atoms with Crippen LogP contribution in [-0.2, 0) is 6.42 Å². The number of ether oxygens (including phenoxy) is 1. The lowest BCUT2D eigenvalue weighted by Crippen LogP contribution is -2.07. The molecule has 0 radical (unpaired) electrons. The van der Waals surface area contributed by atoms with E-state index < -0.39 is 0 Å². The number of aromatic amines is 1. The molecule has 1 unspecified atom stereocenters. The van der Waals surface area contributed by atoms with Gasteiger partial charge in [0.2, 0.25) is 0 Å². The molecule has 0 fully saturated rings. The van der Waals surface area contributed by atoms with Gasteiger partial charge >= 0.3 is 0 Å². The van der Waals surface area contributed by atoms with Crippen LogP contribution in [0.3, 0.4) is 0 Å². The number of nitrogens with one attached hydrogen (secondary N) is 1. The standard InChI is InChI=1S/C16H23N3O/c1-6-20-15-8-11(3)16(13(5)12(15)4)10(2)7-14-9-17-19-18-14/h8-10H,6-7H2,1-5H3,(H,17,18,19). The Labute approximate surface area is 120 Å². The number of aromatic nitrogens is 3. The summed E-state index contributed by atoms with van der Waals surface area (Å²) in [6.45, 7) is 11.4. The minimum atomic E-state index is 0.412. The van der Waals surface area contributed by atoms with Gasteiger partial charge < -0.3 is 4.74 Å². The average Bonchev–Trinajstić information content (AvgIpc) is 2.88. The monoisotopic (exact) mass is 273 g/mol. The smallest absolute Gasteiger partial charge is 0.122 e. The maximum absolute atomic E-state index is 5.71. The van der Waals surface area contributed by atoms with Crippen LogP contribution in [0, 0.1) is 20.8 Å². The maximum Gasteiger partial charge on any atom is 0.122 e. The summed E-state index contributed by atoms with van der Waals surface area (Å²) in [6.07, 6.45) is 2.69. The molecule has 4 heteroatoms. The van der Waals surface area contributed by atoms with E-state index in [0.29, 0.717) is 12.5 Å². The molecule has 4 nitrogen and oxygen atoms in total. The molecule has 1 heterocycles. The van der Waals surface area contributed by atoms with Gasteiger partial charge in [-0.2, -0.15) is 15.4 Å². The average molecular weight is 273 g/mol. The molecule has 0 aliphatic carbocycles. The molecular formula is C16H23N3O. The molecule has 1 N–H and O–H groups in total. The van der Waals surface area contributed by atoms with Crippen LogP contribution in [0.25, 0.3) is 0 Å². The first kappa shape index (κ1) is 14.6. The highest BCUT2D eigenvalue weighted by molar-refractivity contribution is 5.49. The maximum atomic E-state index is 5.71. The topological polar surface area (TPSA) is 50.8 Å². The molecule has 1 atom stereocenters. The summed E-state index contributed by atoms with van der Waals surface area (Å²) in [5, 5.41) is 10.7. The Kier molecular flexibility index (Phi) is 4.42. The first-order valence-corrected chi connectivity index (χ1v) is 7.12. The molecule has 20 heavy (non-hydrogen) atoms. The van der Waals surface area contributed by atoms with E-state index in [1.807, 2.05) is 6.92 Å². The molecule has 2 rings (SSSR count). The zero-order valence-corrected chi connectivity index (χ0v) is 12.9. The second kappa shape index (κ2) is 6.07. The number of rotatable bonds is 5. The van der Waals surface area contributed by atoms with Gasteiger partial charge in [-0.3, -0.25) is 0 Å². The van der Waals surface area contributed by atoms with E-state index in [1.165, 1.54) is 22.3 Å². The molecule has 0 bridgehead atoms. The van der Waals surface area contributed by atoms with Crippen LogP contribution in [0.2, 0.25) is 0 Å². The van der Waals surface area contributed by atoms with Gasteiger partial charge in [-0.15, -0.1) is 0 Å². The first-order valence-electron chi connectivity index (χ1n) is 7.12. The van der Waals surface area contributed by atoms with Gasteiger partial charge in [0.15, 0.2) is 0 Å². The van der Waals surface area contributed by atoms with E-state index in [4.69, 9.17) is 4.74 Å². The Hall–Kier alpha value is -1.84. The van der Waals surface area contributed by atoms with E-state index in [0.717, 1.165) is 17.9 Å². The van der Waals surface area contributed by atoms with Gasteiger partial charge in [0.05, 0.1) is 18.5 Å². The van der Waals surface area contributed by atoms with E-state index in [9.17, 15) is 0 Å². The van der Waals surface area contributed by atoms with Gasteiger partial charge in [0, 0.05) is 0 Å². The second-order valence-electron chi connectivity index (χ2n) is 5.35. The third-order valence-corrected chi connectivity index (χ3v) is 3.88. The second-order valence-corrected chi connectivity index (χ2v) is 5.35. The van der Waals surface area contributed by atoms with Crippen molar-refractivity contribution in [1.29, 1.82) is 0 Å². The number of benzene rings is 1. The highest BCUT2D eigenvalue weighted by Crippen LogP contribution is 2.33. The van der Waals surface area contributed by atoms with Crippen LogP contribution in [0.15, 0.2) is 12.3 Å². The van der Waals surface area contributed by atoms with Crippen molar-refractivity contribution in [3.63, 3.8) is 0 Å². The van der Waals surface area contributed by atoms with Gasteiger partial charge in [-0.25, -0.2) is 0 Å². The Bertz CT molecular complexity index is 576. The Morgan fingerprint density at radius 3 is 2.60 bits per heavy atom. The van der Waals surface area contributed by atoms with Gasteiger partial charge in [-0.05, 0) is 68.4 Å². The van der Waals surface area contributed by atoms with Crippen LogP contribution >= 0.6 is 0 Å². The Balaban J connectivity index is 2.33. The van der Waals surface area contributed by atoms with E-state index >= 15 is 0 Å². The predicted octanol–water partition coefficient (Wildman–Crippen LogP) is 3.47. The third-order valence-electron chi connectivity index (χ3n) is 3.88. The first-order chi connectivity index (χ1) is 9.54. The summed E-state index contributed by atoms with van der Waals surface area (Å²) in [6, 6.07) is 2.15. The molecule has 0 spiro atoms. The molecule has 0 amide bonds. The lowest BCUT2D eigenvalue weighted by Gasteiger charge is -2.21. The molecule has 0 saturated heterocycles. The quantitative estimate of drug-likeness (QED) is 0.907. The van der Waals surface area contributed by atoms with Crippen LogP contribution in [-0.4, -0.2) is 22.0 Å². The summed E-state index contributed by atoms with van der Waals surface area (Å²) in [5.41, 5.74) is 6.24. The predicted molar refractivity (Wildman–Crippen MR) is 80.3 cm³/mol. The highest BCUT2D eigenvalue weighted by Gasteiger charge is 2.17. The number of hydrogen-bond acceptors (Lipinski definition) is 3. The molecule has 1 aromatic heterocycles. The van der Waals surface area contributed by atoms with Crippen LogP contribution < -0.4 is 4.74 Å². The molecule has 1 aromatic carbocycles. The summed E-state index contributed by atoms with van der Waals surface area (Å²) in [5.74, 6) is 1.41. The molecule has 0 aliphatic heterocycles. The van der Waals surface area contributed by atoms with Crippen LogP contribution in [0.4, 0.5) is 0 Å². The van der Waals surface area contributed by atoms with Crippen molar-refractivity contribution in [2.75, 3.05) is 6.61 Å². The van der Waals surface area contributed by atoms with Gasteiger partial charge in [0.1, 0.15) is 5.75 Å². The van der Waals surface area contributed by atoms with E-state index in [1.54, 1.807) is 6.20 Å². The van der Waals surface area contributed by atoms with Crippen molar-refractivity contribution in [1.82, 2.24) is 15.4 Å². The largest absolute Gasteiger partial charge is 0.494 e. The molecule has 2 aromatic rings. The minimum absolute atomic E-state index is 0.412. The zero-order chi connectivity index (χ0) is 14.7. The fourth-order valence-electron chi connectivity index (χ4n) is 2.87. The zero-order valence-electron chi connectivity index (χ0n) is 12.9. The fourth-order valence-corrected chi connectivity index (χ4v) is 2.87. The summed E-state index contributed by atoms with van der Waals surface area (Å²) >= 11 is 0. The van der Waals surface area contributed by atoms with Crippen molar-refractivity contribution in [3.8, 4) is 5.75 Å². The normalized spacial score (nSPS) is 12.4. The summed E-state index contributed by atoms with van der Waals surface area (Å²) in [7, 11) is 0. The summed E-state index contributed by atoms with van der Waals surface area (Å²) < 4.78 is 5.71. The third kappa shape index (κ3) is 2.84. The van der Waals surface area contributed by atoms with Crippen molar-refractivity contribution < 1.29 is 4.74 Å². The lowest BCUT2D eigenvalue weighted by atomic mass is 9.86. The van der Waals surface area contributed by atoms with E-state index in [-0.39, 0.29) is 0 Å². The van der Waals surface area contributed by atoms with Gasteiger partial charge in [0.25, 0.3) is 0 Å². The number of aryl methyl sites for hydroxylation is 1. The number of H-pyrrole nitrogens is 1. The van der Waals surface area contributed by atoms with Gasteiger partial charge in [-0.1, -0.05) is 6.92 Å².